The third kappa shape index (κ3) is 6.53. The summed E-state index contributed by atoms with van der Waals surface area (Å²) in [5, 5.41) is 6.03. The minimum atomic E-state index is -0.215. The van der Waals surface area contributed by atoms with Gasteiger partial charge in [0.2, 0.25) is 11.8 Å². The van der Waals surface area contributed by atoms with Crippen molar-refractivity contribution in [2.24, 2.45) is 0 Å². The van der Waals surface area contributed by atoms with E-state index in [2.05, 4.69) is 10.6 Å². The zero-order chi connectivity index (χ0) is 16.5. The molecule has 0 atom stereocenters. The molecular formula is C18H19ClN2O2. The summed E-state index contributed by atoms with van der Waals surface area (Å²) in [6.07, 6.45) is 1.04. The molecule has 0 saturated carbocycles. The van der Waals surface area contributed by atoms with E-state index in [-0.39, 0.29) is 18.4 Å². The summed E-state index contributed by atoms with van der Waals surface area (Å²) in [7, 11) is 0. The van der Waals surface area contributed by atoms with Gasteiger partial charge in [0.25, 0.3) is 0 Å². The van der Waals surface area contributed by atoms with Gasteiger partial charge in [-0.1, -0.05) is 54.1 Å². The molecule has 0 aliphatic rings. The zero-order valence-electron chi connectivity index (χ0n) is 12.7. The van der Waals surface area contributed by atoms with Crippen molar-refractivity contribution in [3.05, 3.63) is 70.7 Å². The summed E-state index contributed by atoms with van der Waals surface area (Å²) in [5.41, 5.74) is 2.06. The first-order valence-electron chi connectivity index (χ1n) is 7.45. The van der Waals surface area contributed by atoms with E-state index in [0.29, 0.717) is 24.4 Å². The normalized spacial score (nSPS) is 10.1. The van der Waals surface area contributed by atoms with Gasteiger partial charge in [-0.05, 0) is 29.7 Å². The van der Waals surface area contributed by atoms with Crippen LogP contribution in [0.2, 0.25) is 5.02 Å². The van der Waals surface area contributed by atoms with Crippen molar-refractivity contribution in [1.82, 2.24) is 10.6 Å². The summed E-state index contributed by atoms with van der Waals surface area (Å²) < 4.78 is 0. The van der Waals surface area contributed by atoms with Gasteiger partial charge in [0.05, 0.1) is 6.54 Å². The van der Waals surface area contributed by atoms with Crippen LogP contribution in [0.15, 0.2) is 54.6 Å². The quantitative estimate of drug-likeness (QED) is 0.820. The Morgan fingerprint density at radius 1 is 0.826 bits per heavy atom. The number of hydrogen-bond donors (Lipinski definition) is 2. The molecule has 2 aromatic rings. The van der Waals surface area contributed by atoms with Crippen LogP contribution in [0.5, 0.6) is 0 Å². The SMILES string of the molecule is O=C(CCc1ccccc1)NCC(=O)NCc1ccc(Cl)cc1. The van der Waals surface area contributed by atoms with Gasteiger partial charge in [-0.15, -0.1) is 0 Å². The summed E-state index contributed by atoms with van der Waals surface area (Å²) in [6.45, 7) is 0.400. The number of hydrogen-bond acceptors (Lipinski definition) is 2. The third-order valence-corrected chi connectivity index (χ3v) is 3.58. The van der Waals surface area contributed by atoms with Crippen molar-refractivity contribution in [2.45, 2.75) is 19.4 Å². The highest BCUT2D eigenvalue weighted by Crippen LogP contribution is 2.09. The summed E-state index contributed by atoms with van der Waals surface area (Å²) in [6, 6.07) is 17.0. The average molecular weight is 331 g/mol. The Bertz CT molecular complexity index is 642. The molecule has 0 fully saturated rings. The second-order valence-corrected chi connectivity index (χ2v) is 5.60. The topological polar surface area (TPSA) is 58.2 Å². The van der Waals surface area contributed by atoms with Crippen molar-refractivity contribution in [3.63, 3.8) is 0 Å². The number of amides is 2. The fraction of sp³-hybridized carbons (Fsp3) is 0.222. The van der Waals surface area contributed by atoms with Crippen molar-refractivity contribution in [2.75, 3.05) is 6.54 Å². The lowest BCUT2D eigenvalue weighted by atomic mass is 10.1. The lowest BCUT2D eigenvalue weighted by molar-refractivity contribution is -0.126. The molecule has 0 aliphatic carbocycles. The van der Waals surface area contributed by atoms with E-state index in [1.165, 1.54) is 0 Å². The van der Waals surface area contributed by atoms with Crippen LogP contribution in [0.25, 0.3) is 0 Å². The minimum absolute atomic E-state index is 0.0127. The first-order chi connectivity index (χ1) is 11.1. The Balaban J connectivity index is 1.63. The lowest BCUT2D eigenvalue weighted by Gasteiger charge is -2.07. The molecule has 0 aliphatic heterocycles. The summed E-state index contributed by atoms with van der Waals surface area (Å²) in [5.74, 6) is -0.344. The predicted octanol–water partition coefficient (Wildman–Crippen LogP) is 2.71. The van der Waals surface area contributed by atoms with Crippen LogP contribution in [0, 0.1) is 0 Å². The fourth-order valence-corrected chi connectivity index (χ4v) is 2.16. The molecule has 0 bridgehead atoms. The molecule has 2 amide bonds. The van der Waals surface area contributed by atoms with Crippen LogP contribution in [0.3, 0.4) is 0 Å². The Morgan fingerprint density at radius 3 is 2.22 bits per heavy atom. The maximum atomic E-state index is 11.7. The highest BCUT2D eigenvalue weighted by Gasteiger charge is 2.06. The van der Waals surface area contributed by atoms with Gasteiger partial charge in [0.15, 0.2) is 0 Å². The molecule has 120 valence electrons. The van der Waals surface area contributed by atoms with Crippen LogP contribution < -0.4 is 10.6 Å². The maximum Gasteiger partial charge on any atom is 0.239 e. The smallest absolute Gasteiger partial charge is 0.239 e. The molecule has 5 heteroatoms. The number of aryl methyl sites for hydroxylation is 1. The van der Waals surface area contributed by atoms with E-state index >= 15 is 0 Å². The van der Waals surface area contributed by atoms with E-state index in [1.807, 2.05) is 42.5 Å². The number of halogens is 1. The average Bonchev–Trinajstić information content (AvgIpc) is 2.58. The standard InChI is InChI=1S/C18H19ClN2O2/c19-16-9-6-15(7-10-16)12-20-18(23)13-21-17(22)11-8-14-4-2-1-3-5-14/h1-7,9-10H,8,11-13H2,(H,20,23)(H,21,22). The van der Waals surface area contributed by atoms with E-state index in [1.54, 1.807) is 12.1 Å². The zero-order valence-corrected chi connectivity index (χ0v) is 13.5. The van der Waals surface area contributed by atoms with Crippen LogP contribution in [-0.4, -0.2) is 18.4 Å². The molecule has 2 N–H and O–H groups in total. The number of carbonyl (C=O) groups is 2. The minimum Gasteiger partial charge on any atom is -0.350 e. The van der Waals surface area contributed by atoms with Crippen molar-refractivity contribution in [1.29, 1.82) is 0 Å². The van der Waals surface area contributed by atoms with Crippen molar-refractivity contribution in [3.8, 4) is 0 Å². The van der Waals surface area contributed by atoms with Gasteiger partial charge in [-0.25, -0.2) is 0 Å². The molecule has 2 aromatic carbocycles. The molecule has 0 radical (unpaired) electrons. The van der Waals surface area contributed by atoms with Gasteiger partial charge < -0.3 is 10.6 Å². The van der Waals surface area contributed by atoms with Gasteiger partial charge in [0, 0.05) is 18.0 Å². The van der Waals surface area contributed by atoms with E-state index in [0.717, 1.165) is 11.1 Å². The molecule has 4 nitrogen and oxygen atoms in total. The summed E-state index contributed by atoms with van der Waals surface area (Å²) in [4.78, 5) is 23.4. The number of carbonyl (C=O) groups excluding carboxylic acids is 2. The maximum absolute atomic E-state index is 11.7. The van der Waals surface area contributed by atoms with E-state index < -0.39 is 0 Å². The molecule has 0 aromatic heterocycles. The van der Waals surface area contributed by atoms with Crippen LogP contribution in [0.4, 0.5) is 0 Å². The third-order valence-electron chi connectivity index (χ3n) is 3.33. The first-order valence-corrected chi connectivity index (χ1v) is 7.83. The molecule has 2 rings (SSSR count). The van der Waals surface area contributed by atoms with Gasteiger partial charge >= 0.3 is 0 Å². The molecule has 0 spiro atoms. The van der Waals surface area contributed by atoms with Crippen molar-refractivity contribution < 1.29 is 9.59 Å². The second-order valence-electron chi connectivity index (χ2n) is 5.17. The Kier molecular flexibility index (Phi) is 6.63. The van der Waals surface area contributed by atoms with Gasteiger partial charge in [-0.2, -0.15) is 0 Å². The molecule has 0 saturated heterocycles. The molecule has 23 heavy (non-hydrogen) atoms. The number of benzene rings is 2. The van der Waals surface area contributed by atoms with Crippen molar-refractivity contribution >= 4 is 23.4 Å². The Labute approximate surface area is 140 Å². The Morgan fingerprint density at radius 2 is 1.52 bits per heavy atom. The number of rotatable bonds is 7. The predicted molar refractivity (Wildman–Crippen MR) is 91.1 cm³/mol. The molecule has 0 heterocycles. The van der Waals surface area contributed by atoms with Crippen LogP contribution >= 0.6 is 11.6 Å². The van der Waals surface area contributed by atoms with E-state index in [9.17, 15) is 9.59 Å². The first kappa shape index (κ1) is 17.0. The second kappa shape index (κ2) is 8.96. The fourth-order valence-electron chi connectivity index (χ4n) is 2.04. The van der Waals surface area contributed by atoms with Crippen LogP contribution in [0.1, 0.15) is 17.5 Å². The van der Waals surface area contributed by atoms with Gasteiger partial charge in [0.1, 0.15) is 0 Å². The molecular weight excluding hydrogens is 312 g/mol. The van der Waals surface area contributed by atoms with Gasteiger partial charge in [-0.3, -0.25) is 9.59 Å². The largest absolute Gasteiger partial charge is 0.350 e. The monoisotopic (exact) mass is 330 g/mol. The summed E-state index contributed by atoms with van der Waals surface area (Å²) >= 11 is 5.80. The highest BCUT2D eigenvalue weighted by molar-refractivity contribution is 6.30. The molecule has 0 unspecified atom stereocenters. The van der Waals surface area contributed by atoms with Crippen LogP contribution in [-0.2, 0) is 22.6 Å². The highest BCUT2D eigenvalue weighted by atomic mass is 35.5. The van der Waals surface area contributed by atoms with E-state index in [4.69, 9.17) is 11.6 Å². The number of nitrogens with one attached hydrogen (secondary N) is 2. The Hall–Kier alpha value is -2.33. The lowest BCUT2D eigenvalue weighted by Crippen LogP contribution is -2.36.